The SMILES string of the molecule is COc1ccc(Br)c(CNCc2ccccn2)c1OCc1ccccc1F. The molecule has 140 valence electrons. The van der Waals surface area contributed by atoms with Crippen molar-refractivity contribution in [3.63, 3.8) is 0 Å². The van der Waals surface area contributed by atoms with Crippen LogP contribution < -0.4 is 14.8 Å². The molecular formula is C21H20BrFN2O2. The first-order valence-corrected chi connectivity index (χ1v) is 9.30. The van der Waals surface area contributed by atoms with E-state index in [1.807, 2.05) is 30.3 Å². The first-order valence-electron chi connectivity index (χ1n) is 8.51. The van der Waals surface area contributed by atoms with Crippen LogP contribution >= 0.6 is 15.9 Å². The number of pyridine rings is 1. The van der Waals surface area contributed by atoms with Crippen LogP contribution in [0.25, 0.3) is 0 Å². The van der Waals surface area contributed by atoms with Crippen LogP contribution in [0.2, 0.25) is 0 Å². The van der Waals surface area contributed by atoms with Crippen molar-refractivity contribution in [3.8, 4) is 11.5 Å². The number of nitrogens with one attached hydrogen (secondary N) is 1. The van der Waals surface area contributed by atoms with Crippen LogP contribution in [0, 0.1) is 5.82 Å². The maximum Gasteiger partial charge on any atom is 0.167 e. The Balaban J connectivity index is 1.76. The zero-order chi connectivity index (χ0) is 19.1. The number of nitrogens with zero attached hydrogens (tertiary/aromatic N) is 1. The Bertz CT molecular complexity index is 891. The van der Waals surface area contributed by atoms with E-state index < -0.39 is 0 Å². The molecule has 4 nitrogen and oxygen atoms in total. The van der Waals surface area contributed by atoms with Crippen LogP contribution in [0.15, 0.2) is 65.3 Å². The van der Waals surface area contributed by atoms with Gasteiger partial charge in [-0.2, -0.15) is 0 Å². The van der Waals surface area contributed by atoms with Gasteiger partial charge in [0.25, 0.3) is 0 Å². The number of rotatable bonds is 8. The number of ether oxygens (including phenoxy) is 2. The fourth-order valence-electron chi connectivity index (χ4n) is 2.65. The molecule has 0 aliphatic rings. The van der Waals surface area contributed by atoms with E-state index >= 15 is 0 Å². The van der Waals surface area contributed by atoms with Crippen molar-refractivity contribution in [3.05, 3.63) is 87.9 Å². The van der Waals surface area contributed by atoms with E-state index in [0.29, 0.717) is 30.2 Å². The Morgan fingerprint density at radius 2 is 1.85 bits per heavy atom. The maximum absolute atomic E-state index is 13.9. The molecular weight excluding hydrogens is 411 g/mol. The summed E-state index contributed by atoms with van der Waals surface area (Å²) in [6.07, 6.45) is 1.77. The van der Waals surface area contributed by atoms with Crippen LogP contribution in [0.3, 0.4) is 0 Å². The molecule has 0 atom stereocenters. The number of methoxy groups -OCH3 is 1. The molecule has 0 aliphatic heterocycles. The van der Waals surface area contributed by atoms with Gasteiger partial charge in [-0.05, 0) is 30.3 Å². The number of hydrogen-bond acceptors (Lipinski definition) is 4. The Labute approximate surface area is 166 Å². The lowest BCUT2D eigenvalue weighted by Crippen LogP contribution is -2.15. The third-order valence-corrected chi connectivity index (χ3v) is 4.79. The minimum absolute atomic E-state index is 0.118. The highest BCUT2D eigenvalue weighted by Crippen LogP contribution is 2.37. The quantitative estimate of drug-likeness (QED) is 0.553. The van der Waals surface area contributed by atoms with Crippen molar-refractivity contribution in [2.24, 2.45) is 0 Å². The minimum Gasteiger partial charge on any atom is -0.493 e. The summed E-state index contributed by atoms with van der Waals surface area (Å²) in [6.45, 7) is 1.28. The van der Waals surface area contributed by atoms with Gasteiger partial charge in [0.15, 0.2) is 11.5 Å². The van der Waals surface area contributed by atoms with Crippen molar-refractivity contribution in [1.82, 2.24) is 10.3 Å². The fourth-order valence-corrected chi connectivity index (χ4v) is 3.10. The van der Waals surface area contributed by atoms with Gasteiger partial charge in [-0.1, -0.05) is 40.2 Å². The normalized spacial score (nSPS) is 10.6. The summed E-state index contributed by atoms with van der Waals surface area (Å²) in [7, 11) is 1.59. The van der Waals surface area contributed by atoms with E-state index in [-0.39, 0.29) is 12.4 Å². The van der Waals surface area contributed by atoms with Gasteiger partial charge in [0.05, 0.1) is 12.8 Å². The van der Waals surface area contributed by atoms with E-state index in [0.717, 1.165) is 15.7 Å². The van der Waals surface area contributed by atoms with Gasteiger partial charge < -0.3 is 14.8 Å². The van der Waals surface area contributed by atoms with Crippen LogP contribution in [0.5, 0.6) is 11.5 Å². The molecule has 0 bridgehead atoms. The second-order valence-corrected chi connectivity index (χ2v) is 6.72. The monoisotopic (exact) mass is 430 g/mol. The molecule has 0 saturated carbocycles. The number of hydrogen-bond donors (Lipinski definition) is 1. The second kappa shape index (κ2) is 9.48. The minimum atomic E-state index is -0.290. The van der Waals surface area contributed by atoms with Gasteiger partial charge >= 0.3 is 0 Å². The van der Waals surface area contributed by atoms with Crippen molar-refractivity contribution < 1.29 is 13.9 Å². The maximum atomic E-state index is 13.9. The van der Waals surface area contributed by atoms with E-state index in [9.17, 15) is 4.39 Å². The lowest BCUT2D eigenvalue weighted by molar-refractivity contribution is 0.275. The zero-order valence-electron chi connectivity index (χ0n) is 14.9. The molecule has 1 N–H and O–H groups in total. The summed E-state index contributed by atoms with van der Waals surface area (Å²) in [5.41, 5.74) is 2.35. The van der Waals surface area contributed by atoms with Crippen LogP contribution in [-0.2, 0) is 19.7 Å². The Hall–Kier alpha value is -2.44. The van der Waals surface area contributed by atoms with Gasteiger partial charge in [0, 0.05) is 34.9 Å². The van der Waals surface area contributed by atoms with Gasteiger partial charge in [-0.15, -0.1) is 0 Å². The first kappa shape index (κ1) is 19.3. The molecule has 3 aromatic rings. The predicted molar refractivity (Wildman–Crippen MR) is 106 cm³/mol. The molecule has 0 fully saturated rings. The lowest BCUT2D eigenvalue weighted by Gasteiger charge is -2.17. The highest BCUT2D eigenvalue weighted by Gasteiger charge is 2.15. The summed E-state index contributed by atoms with van der Waals surface area (Å²) in [4.78, 5) is 4.30. The lowest BCUT2D eigenvalue weighted by atomic mass is 10.1. The Kier molecular flexibility index (Phi) is 6.79. The van der Waals surface area contributed by atoms with Crippen LogP contribution in [-0.4, -0.2) is 12.1 Å². The van der Waals surface area contributed by atoms with E-state index in [2.05, 4.69) is 26.2 Å². The zero-order valence-corrected chi connectivity index (χ0v) is 16.5. The third kappa shape index (κ3) is 5.05. The Morgan fingerprint density at radius 1 is 1.04 bits per heavy atom. The van der Waals surface area contributed by atoms with E-state index in [1.54, 1.807) is 31.5 Å². The highest BCUT2D eigenvalue weighted by atomic mass is 79.9. The molecule has 0 unspecified atom stereocenters. The summed E-state index contributed by atoms with van der Waals surface area (Å²) in [5, 5.41) is 3.36. The molecule has 0 aliphatic carbocycles. The average molecular weight is 431 g/mol. The van der Waals surface area contributed by atoms with Crippen molar-refractivity contribution in [2.45, 2.75) is 19.7 Å². The highest BCUT2D eigenvalue weighted by molar-refractivity contribution is 9.10. The molecule has 2 aromatic carbocycles. The third-order valence-electron chi connectivity index (χ3n) is 4.05. The van der Waals surface area contributed by atoms with E-state index in [4.69, 9.17) is 9.47 Å². The smallest absolute Gasteiger partial charge is 0.167 e. The molecule has 3 rings (SSSR count). The average Bonchev–Trinajstić information content (AvgIpc) is 2.70. The molecule has 6 heteroatoms. The Morgan fingerprint density at radius 3 is 2.59 bits per heavy atom. The summed E-state index contributed by atoms with van der Waals surface area (Å²) in [6, 6.07) is 16.1. The number of halogens is 2. The van der Waals surface area contributed by atoms with Gasteiger partial charge in [-0.3, -0.25) is 4.98 Å². The molecule has 0 radical (unpaired) electrons. The summed E-state index contributed by atoms with van der Waals surface area (Å²) >= 11 is 3.57. The molecule has 1 aromatic heterocycles. The van der Waals surface area contributed by atoms with Crippen molar-refractivity contribution >= 4 is 15.9 Å². The van der Waals surface area contributed by atoms with Crippen LogP contribution in [0.1, 0.15) is 16.8 Å². The molecule has 0 spiro atoms. The largest absolute Gasteiger partial charge is 0.493 e. The predicted octanol–water partition coefficient (Wildman–Crippen LogP) is 4.86. The van der Waals surface area contributed by atoms with Gasteiger partial charge in [-0.25, -0.2) is 4.39 Å². The molecule has 27 heavy (non-hydrogen) atoms. The molecule has 1 heterocycles. The first-order chi connectivity index (χ1) is 13.2. The van der Waals surface area contributed by atoms with Crippen LogP contribution in [0.4, 0.5) is 4.39 Å². The second-order valence-electron chi connectivity index (χ2n) is 5.86. The van der Waals surface area contributed by atoms with Gasteiger partial charge in [0.2, 0.25) is 0 Å². The number of benzene rings is 2. The van der Waals surface area contributed by atoms with Gasteiger partial charge in [0.1, 0.15) is 12.4 Å². The number of aromatic nitrogens is 1. The van der Waals surface area contributed by atoms with Crippen molar-refractivity contribution in [2.75, 3.05) is 7.11 Å². The topological polar surface area (TPSA) is 43.4 Å². The molecule has 0 amide bonds. The van der Waals surface area contributed by atoms with Crippen molar-refractivity contribution in [1.29, 1.82) is 0 Å². The fraction of sp³-hybridized carbons (Fsp3) is 0.190. The van der Waals surface area contributed by atoms with E-state index in [1.165, 1.54) is 6.07 Å². The standard InChI is InChI=1S/C21H20BrFN2O2/c1-26-20-10-9-18(22)17(13-24-12-16-7-4-5-11-25-16)21(20)27-14-15-6-2-3-8-19(15)23/h2-11,24H,12-14H2,1H3. The molecule has 0 saturated heterocycles. The summed E-state index contributed by atoms with van der Waals surface area (Å²) in [5.74, 6) is 0.897. The summed E-state index contributed by atoms with van der Waals surface area (Å²) < 4.78 is 26.2.